The van der Waals surface area contributed by atoms with Gasteiger partial charge in [-0.1, -0.05) is 54.1 Å². The predicted molar refractivity (Wildman–Crippen MR) is 147 cm³/mol. The van der Waals surface area contributed by atoms with E-state index in [9.17, 15) is 4.79 Å². The lowest BCUT2D eigenvalue weighted by Gasteiger charge is -2.37. The van der Waals surface area contributed by atoms with Gasteiger partial charge in [0.25, 0.3) is 0 Å². The van der Waals surface area contributed by atoms with Crippen molar-refractivity contribution in [3.05, 3.63) is 95.1 Å². The molecule has 1 atom stereocenters. The van der Waals surface area contributed by atoms with Crippen LogP contribution in [0.5, 0.6) is 5.75 Å². The molecule has 186 valence electrons. The number of fused-ring (bicyclic) bond motifs is 1. The maximum absolute atomic E-state index is 13.6. The van der Waals surface area contributed by atoms with Crippen molar-refractivity contribution in [3.8, 4) is 5.75 Å². The van der Waals surface area contributed by atoms with Gasteiger partial charge in [0, 0.05) is 67.7 Å². The van der Waals surface area contributed by atoms with Crippen molar-refractivity contribution >= 4 is 34.1 Å². The van der Waals surface area contributed by atoms with Crippen LogP contribution in [-0.4, -0.2) is 48.2 Å². The molecule has 5 nitrogen and oxygen atoms in total. The normalized spacial score (nSPS) is 14.8. The first-order valence-electron chi connectivity index (χ1n) is 12.6. The number of piperazine rings is 1. The fraction of sp³-hybridized carbons (Fsp3) is 0.300. The smallest absolute Gasteiger partial charge is 0.223 e. The highest BCUT2D eigenvalue weighted by Gasteiger charge is 2.28. The molecule has 0 radical (unpaired) electrons. The van der Waals surface area contributed by atoms with Gasteiger partial charge in [-0.2, -0.15) is 0 Å². The lowest BCUT2D eigenvalue weighted by Crippen LogP contribution is -2.49. The van der Waals surface area contributed by atoms with Crippen molar-refractivity contribution < 1.29 is 9.53 Å². The number of aromatic nitrogens is 1. The lowest BCUT2D eigenvalue weighted by molar-refractivity contribution is -0.131. The van der Waals surface area contributed by atoms with Crippen LogP contribution >= 0.6 is 11.6 Å². The topological polar surface area (TPSA) is 37.7 Å². The van der Waals surface area contributed by atoms with E-state index < -0.39 is 0 Å². The summed E-state index contributed by atoms with van der Waals surface area (Å²) in [5, 5.41) is 1.86. The van der Waals surface area contributed by atoms with Crippen molar-refractivity contribution in [2.24, 2.45) is 7.05 Å². The zero-order valence-corrected chi connectivity index (χ0v) is 21.6. The Morgan fingerprint density at radius 3 is 2.50 bits per heavy atom. The maximum atomic E-state index is 13.6. The van der Waals surface area contributed by atoms with E-state index in [4.69, 9.17) is 16.3 Å². The Morgan fingerprint density at radius 2 is 1.72 bits per heavy atom. The van der Waals surface area contributed by atoms with Gasteiger partial charge in [0.05, 0.1) is 12.3 Å². The number of hydrogen-bond donors (Lipinski definition) is 0. The fourth-order valence-corrected chi connectivity index (χ4v) is 5.48. The molecule has 6 heteroatoms. The van der Waals surface area contributed by atoms with Gasteiger partial charge in [-0.25, -0.2) is 0 Å². The van der Waals surface area contributed by atoms with E-state index in [2.05, 4.69) is 59.1 Å². The Labute approximate surface area is 217 Å². The third-order valence-electron chi connectivity index (χ3n) is 7.07. The molecule has 1 unspecified atom stereocenters. The Bertz CT molecular complexity index is 1360. The number of rotatable bonds is 7. The van der Waals surface area contributed by atoms with Crippen LogP contribution in [-0.2, 0) is 11.8 Å². The lowest BCUT2D eigenvalue weighted by atomic mass is 9.87. The van der Waals surface area contributed by atoms with Crippen LogP contribution in [0.3, 0.4) is 0 Å². The Balaban J connectivity index is 1.36. The van der Waals surface area contributed by atoms with Crippen molar-refractivity contribution in [3.63, 3.8) is 0 Å². The van der Waals surface area contributed by atoms with Gasteiger partial charge in [0.2, 0.25) is 5.91 Å². The first-order chi connectivity index (χ1) is 17.5. The maximum Gasteiger partial charge on any atom is 0.223 e. The monoisotopic (exact) mass is 501 g/mol. The average molecular weight is 502 g/mol. The molecule has 2 heterocycles. The van der Waals surface area contributed by atoms with Crippen LogP contribution < -0.4 is 9.64 Å². The molecule has 36 heavy (non-hydrogen) atoms. The van der Waals surface area contributed by atoms with E-state index in [0.717, 1.165) is 41.2 Å². The minimum absolute atomic E-state index is 0.0704. The summed E-state index contributed by atoms with van der Waals surface area (Å²) in [5.41, 5.74) is 4.48. The number of carbonyl (C=O) groups excluding carboxylic acids is 1. The van der Waals surface area contributed by atoms with Crippen LogP contribution in [0.2, 0.25) is 5.02 Å². The van der Waals surface area contributed by atoms with Crippen molar-refractivity contribution in [1.82, 2.24) is 9.47 Å². The molecular formula is C30H32ClN3O2. The molecule has 1 aromatic heterocycles. The van der Waals surface area contributed by atoms with Gasteiger partial charge in [-0.15, -0.1) is 0 Å². The third kappa shape index (κ3) is 4.93. The summed E-state index contributed by atoms with van der Waals surface area (Å²) in [6, 6.07) is 24.4. The highest BCUT2D eigenvalue weighted by molar-refractivity contribution is 6.30. The molecule has 4 aromatic rings. The average Bonchev–Trinajstić information content (AvgIpc) is 3.24. The first-order valence-corrected chi connectivity index (χ1v) is 13.0. The van der Waals surface area contributed by atoms with Gasteiger partial charge in [0.1, 0.15) is 5.75 Å². The molecule has 1 aliphatic heterocycles. The Hall–Kier alpha value is -3.44. The molecule has 1 aliphatic rings. The minimum Gasteiger partial charge on any atom is -0.492 e. The van der Waals surface area contributed by atoms with Gasteiger partial charge in [-0.3, -0.25) is 4.79 Å². The molecule has 1 amide bonds. The standard InChI is InChI=1S/C30H32ClN3O2/c1-3-36-29-14-7-6-13-28(29)33-15-17-34(18-16-33)30(35)20-25(22-9-8-10-23(31)19-22)26-21-32(2)27-12-5-4-11-24(26)27/h4-14,19,21,25H,3,15-18,20H2,1-2H3. The quantitative estimate of drug-likeness (QED) is 0.307. The van der Waals surface area contributed by atoms with Gasteiger partial charge in [-0.05, 0) is 48.4 Å². The fourth-order valence-electron chi connectivity index (χ4n) is 5.28. The predicted octanol–water partition coefficient (Wildman–Crippen LogP) is 6.10. The second-order valence-electron chi connectivity index (χ2n) is 9.29. The number of nitrogens with zero attached hydrogens (tertiary/aromatic N) is 3. The number of benzene rings is 3. The number of halogens is 1. The summed E-state index contributed by atoms with van der Waals surface area (Å²) in [6.07, 6.45) is 2.57. The van der Waals surface area contributed by atoms with Crippen molar-refractivity contribution in [2.45, 2.75) is 19.3 Å². The molecule has 1 fully saturated rings. The van der Waals surface area contributed by atoms with Crippen molar-refractivity contribution in [1.29, 1.82) is 0 Å². The molecule has 0 saturated carbocycles. The van der Waals surface area contributed by atoms with E-state index >= 15 is 0 Å². The molecule has 3 aromatic carbocycles. The summed E-state index contributed by atoms with van der Waals surface area (Å²) >= 11 is 6.38. The van der Waals surface area contributed by atoms with Gasteiger partial charge in [0.15, 0.2) is 0 Å². The highest BCUT2D eigenvalue weighted by atomic mass is 35.5. The van der Waals surface area contributed by atoms with E-state index in [-0.39, 0.29) is 11.8 Å². The number of carbonyl (C=O) groups is 1. The molecule has 0 N–H and O–H groups in total. The SMILES string of the molecule is CCOc1ccccc1N1CCN(C(=O)CC(c2cccc(Cl)c2)c2cn(C)c3ccccc23)CC1. The zero-order valence-electron chi connectivity index (χ0n) is 20.9. The summed E-state index contributed by atoms with van der Waals surface area (Å²) in [4.78, 5) is 18.0. The summed E-state index contributed by atoms with van der Waals surface area (Å²) < 4.78 is 7.97. The van der Waals surface area contributed by atoms with Crippen LogP contribution in [0.15, 0.2) is 79.0 Å². The molecule has 1 saturated heterocycles. The number of amides is 1. The summed E-state index contributed by atoms with van der Waals surface area (Å²) in [7, 11) is 2.06. The first kappa shape index (κ1) is 24.3. The van der Waals surface area contributed by atoms with Crippen LogP contribution in [0, 0.1) is 0 Å². The van der Waals surface area contributed by atoms with E-state index in [1.165, 1.54) is 5.39 Å². The van der Waals surface area contributed by atoms with Crippen LogP contribution in [0.4, 0.5) is 5.69 Å². The number of hydrogen-bond acceptors (Lipinski definition) is 3. The zero-order chi connectivity index (χ0) is 25.1. The number of ether oxygens (including phenoxy) is 1. The molecule has 5 rings (SSSR count). The number of aryl methyl sites for hydroxylation is 1. The van der Waals surface area contributed by atoms with Gasteiger partial charge >= 0.3 is 0 Å². The van der Waals surface area contributed by atoms with Crippen molar-refractivity contribution in [2.75, 3.05) is 37.7 Å². The van der Waals surface area contributed by atoms with E-state index in [1.54, 1.807) is 0 Å². The van der Waals surface area contributed by atoms with E-state index in [1.807, 2.05) is 48.2 Å². The molecule has 0 spiro atoms. The summed E-state index contributed by atoms with van der Waals surface area (Å²) in [6.45, 7) is 5.58. The van der Waals surface area contributed by atoms with Crippen LogP contribution in [0.1, 0.15) is 30.4 Å². The largest absolute Gasteiger partial charge is 0.492 e. The second-order valence-corrected chi connectivity index (χ2v) is 9.73. The number of para-hydroxylation sites is 3. The Kier molecular flexibility index (Phi) is 7.19. The van der Waals surface area contributed by atoms with E-state index in [0.29, 0.717) is 31.1 Å². The highest BCUT2D eigenvalue weighted by Crippen LogP contribution is 2.36. The minimum atomic E-state index is -0.0704. The molecular weight excluding hydrogens is 470 g/mol. The summed E-state index contributed by atoms with van der Waals surface area (Å²) in [5.74, 6) is 1.00. The Morgan fingerprint density at radius 1 is 0.972 bits per heavy atom. The third-order valence-corrected chi connectivity index (χ3v) is 7.31. The molecule has 0 bridgehead atoms. The number of anilines is 1. The second kappa shape index (κ2) is 10.7. The molecule has 0 aliphatic carbocycles. The van der Waals surface area contributed by atoms with Crippen LogP contribution in [0.25, 0.3) is 10.9 Å². The van der Waals surface area contributed by atoms with Gasteiger partial charge < -0.3 is 19.1 Å².